The zero-order valence-electron chi connectivity index (χ0n) is 19.1. The van der Waals surface area contributed by atoms with Crippen molar-refractivity contribution < 1.29 is 28.2 Å². The standard InChI is InChI=1S/C26H26N2O6/c1-30-21-7-3-6-20-25(21)19(15-27-20)18(13-24(29)28-14-17-5-4-8-32-17)16-11-22(31-2)26-23(12-16)33-9-10-34-26/h3-8,11-12,15,18,27H,9-10,13-14H2,1-2H3,(H,28,29). The lowest BCUT2D eigenvalue weighted by molar-refractivity contribution is -0.121. The summed E-state index contributed by atoms with van der Waals surface area (Å²) in [7, 11) is 3.24. The summed E-state index contributed by atoms with van der Waals surface area (Å²) in [5, 5.41) is 3.89. The Labute approximate surface area is 196 Å². The number of ether oxygens (including phenoxy) is 4. The number of carbonyl (C=O) groups is 1. The minimum atomic E-state index is -0.300. The third kappa shape index (κ3) is 4.14. The van der Waals surface area contributed by atoms with Crippen LogP contribution in [-0.4, -0.2) is 38.3 Å². The highest BCUT2D eigenvalue weighted by Gasteiger charge is 2.27. The van der Waals surface area contributed by atoms with Crippen LogP contribution in [0.5, 0.6) is 23.0 Å². The molecule has 0 saturated heterocycles. The molecule has 3 heterocycles. The molecule has 1 aliphatic heterocycles. The monoisotopic (exact) mass is 462 g/mol. The molecule has 5 rings (SSSR count). The number of hydrogen-bond acceptors (Lipinski definition) is 6. The van der Waals surface area contributed by atoms with Gasteiger partial charge in [0.05, 0.1) is 27.0 Å². The molecule has 1 atom stereocenters. The summed E-state index contributed by atoms with van der Waals surface area (Å²) in [4.78, 5) is 16.4. The molecular formula is C26H26N2O6. The summed E-state index contributed by atoms with van der Waals surface area (Å²) in [5.41, 5.74) is 2.75. The molecule has 176 valence electrons. The van der Waals surface area contributed by atoms with Gasteiger partial charge in [0.1, 0.15) is 24.7 Å². The molecule has 0 saturated carbocycles. The van der Waals surface area contributed by atoms with Gasteiger partial charge in [0.15, 0.2) is 11.5 Å². The van der Waals surface area contributed by atoms with Crippen molar-refractivity contribution in [1.29, 1.82) is 0 Å². The van der Waals surface area contributed by atoms with E-state index >= 15 is 0 Å². The second-order valence-corrected chi connectivity index (χ2v) is 7.99. The number of aromatic amines is 1. The predicted molar refractivity (Wildman–Crippen MR) is 126 cm³/mol. The maximum Gasteiger partial charge on any atom is 0.221 e. The predicted octanol–water partition coefficient (Wildman–Crippen LogP) is 4.39. The number of carbonyl (C=O) groups excluding carboxylic acids is 1. The van der Waals surface area contributed by atoms with Gasteiger partial charge in [0, 0.05) is 29.4 Å². The van der Waals surface area contributed by atoms with E-state index in [0.717, 1.165) is 27.8 Å². The normalized spacial score (nSPS) is 13.5. The van der Waals surface area contributed by atoms with Gasteiger partial charge in [-0.2, -0.15) is 0 Å². The fourth-order valence-electron chi connectivity index (χ4n) is 4.38. The number of fused-ring (bicyclic) bond motifs is 2. The molecule has 34 heavy (non-hydrogen) atoms. The van der Waals surface area contributed by atoms with Gasteiger partial charge in [0.25, 0.3) is 0 Å². The first-order valence-corrected chi connectivity index (χ1v) is 11.1. The van der Waals surface area contributed by atoms with E-state index < -0.39 is 0 Å². The molecule has 2 N–H and O–H groups in total. The van der Waals surface area contributed by atoms with E-state index in [1.807, 2.05) is 42.6 Å². The van der Waals surface area contributed by atoms with Crippen LogP contribution < -0.4 is 24.3 Å². The second kappa shape index (κ2) is 9.43. The minimum absolute atomic E-state index is 0.112. The fourth-order valence-corrected chi connectivity index (χ4v) is 4.38. The largest absolute Gasteiger partial charge is 0.496 e. The second-order valence-electron chi connectivity index (χ2n) is 7.99. The third-order valence-electron chi connectivity index (χ3n) is 5.98. The Morgan fingerprint density at radius 1 is 1.09 bits per heavy atom. The SMILES string of the molecule is COc1cc(C(CC(=O)NCc2ccco2)c2c[nH]c3cccc(OC)c23)cc2c1OCCO2. The first kappa shape index (κ1) is 21.8. The lowest BCUT2D eigenvalue weighted by Gasteiger charge is -2.24. The summed E-state index contributed by atoms with van der Waals surface area (Å²) < 4.78 is 28.2. The highest BCUT2D eigenvalue weighted by atomic mass is 16.6. The quantitative estimate of drug-likeness (QED) is 0.403. The van der Waals surface area contributed by atoms with Crippen molar-refractivity contribution in [3.05, 3.63) is 71.8 Å². The lowest BCUT2D eigenvalue weighted by atomic mass is 9.87. The number of aromatic nitrogens is 1. The van der Waals surface area contributed by atoms with Crippen molar-refractivity contribution in [2.24, 2.45) is 0 Å². The Hall–Kier alpha value is -4.07. The molecular weight excluding hydrogens is 436 g/mol. The zero-order valence-corrected chi connectivity index (χ0v) is 19.1. The summed E-state index contributed by atoms with van der Waals surface area (Å²) in [5.74, 6) is 2.77. The first-order chi connectivity index (χ1) is 16.7. The Morgan fingerprint density at radius 2 is 1.94 bits per heavy atom. The number of methoxy groups -OCH3 is 2. The van der Waals surface area contributed by atoms with Gasteiger partial charge in [-0.15, -0.1) is 0 Å². The molecule has 1 amide bonds. The van der Waals surface area contributed by atoms with Crippen LogP contribution in [0.4, 0.5) is 0 Å². The van der Waals surface area contributed by atoms with E-state index in [9.17, 15) is 4.79 Å². The molecule has 0 bridgehead atoms. The summed E-state index contributed by atoms with van der Waals surface area (Å²) >= 11 is 0. The molecule has 2 aromatic heterocycles. The number of hydrogen-bond donors (Lipinski definition) is 2. The van der Waals surface area contributed by atoms with Gasteiger partial charge in [-0.3, -0.25) is 4.79 Å². The first-order valence-electron chi connectivity index (χ1n) is 11.1. The molecule has 8 heteroatoms. The molecule has 2 aromatic carbocycles. The Morgan fingerprint density at radius 3 is 2.74 bits per heavy atom. The highest BCUT2D eigenvalue weighted by Crippen LogP contribution is 2.45. The number of benzene rings is 2. The summed E-state index contributed by atoms with van der Waals surface area (Å²) in [6.45, 7) is 1.23. The van der Waals surface area contributed by atoms with Crippen LogP contribution in [0.2, 0.25) is 0 Å². The van der Waals surface area contributed by atoms with Crippen molar-refractivity contribution in [2.75, 3.05) is 27.4 Å². The van der Waals surface area contributed by atoms with E-state index in [1.54, 1.807) is 26.5 Å². The van der Waals surface area contributed by atoms with Crippen LogP contribution in [0.15, 0.2) is 59.3 Å². The molecule has 0 aliphatic carbocycles. The molecule has 1 unspecified atom stereocenters. The maximum absolute atomic E-state index is 13.1. The Bertz CT molecular complexity index is 1280. The Balaban J connectivity index is 1.56. The van der Waals surface area contributed by atoms with Crippen LogP contribution in [0.3, 0.4) is 0 Å². The van der Waals surface area contributed by atoms with Crippen molar-refractivity contribution >= 4 is 16.8 Å². The Kier molecular flexibility index (Phi) is 6.03. The van der Waals surface area contributed by atoms with Crippen molar-refractivity contribution in [3.63, 3.8) is 0 Å². The minimum Gasteiger partial charge on any atom is -0.496 e. The van der Waals surface area contributed by atoms with Crippen LogP contribution in [-0.2, 0) is 11.3 Å². The number of rotatable bonds is 8. The molecule has 0 fully saturated rings. The van der Waals surface area contributed by atoms with Crippen molar-refractivity contribution in [2.45, 2.75) is 18.9 Å². The zero-order chi connectivity index (χ0) is 23.5. The van der Waals surface area contributed by atoms with Gasteiger partial charge in [-0.05, 0) is 47.5 Å². The van der Waals surface area contributed by atoms with Crippen LogP contribution in [0, 0.1) is 0 Å². The molecule has 1 aliphatic rings. The van der Waals surface area contributed by atoms with E-state index in [0.29, 0.717) is 42.8 Å². The van der Waals surface area contributed by atoms with E-state index in [-0.39, 0.29) is 18.2 Å². The maximum atomic E-state index is 13.1. The number of H-pyrrole nitrogens is 1. The van der Waals surface area contributed by atoms with E-state index in [1.165, 1.54) is 0 Å². The molecule has 0 spiro atoms. The van der Waals surface area contributed by atoms with Crippen LogP contribution >= 0.6 is 0 Å². The smallest absolute Gasteiger partial charge is 0.221 e. The van der Waals surface area contributed by atoms with Crippen molar-refractivity contribution in [1.82, 2.24) is 10.3 Å². The average Bonchev–Trinajstić information content (AvgIpc) is 3.55. The van der Waals surface area contributed by atoms with Gasteiger partial charge in [0.2, 0.25) is 11.7 Å². The number of furan rings is 1. The lowest BCUT2D eigenvalue weighted by Crippen LogP contribution is -2.25. The van der Waals surface area contributed by atoms with Crippen molar-refractivity contribution in [3.8, 4) is 23.0 Å². The van der Waals surface area contributed by atoms with E-state index in [2.05, 4.69) is 10.3 Å². The highest BCUT2D eigenvalue weighted by molar-refractivity contribution is 5.91. The topological polar surface area (TPSA) is 95.0 Å². The summed E-state index contributed by atoms with van der Waals surface area (Å²) in [6, 6.07) is 13.3. The number of nitrogens with one attached hydrogen (secondary N) is 2. The summed E-state index contributed by atoms with van der Waals surface area (Å²) in [6.07, 6.45) is 3.72. The number of amides is 1. The molecule has 0 radical (unpaired) electrons. The van der Waals surface area contributed by atoms with Gasteiger partial charge in [-0.25, -0.2) is 0 Å². The van der Waals surface area contributed by atoms with Crippen LogP contribution in [0.1, 0.15) is 29.2 Å². The third-order valence-corrected chi connectivity index (χ3v) is 5.98. The average molecular weight is 463 g/mol. The molecule has 8 nitrogen and oxygen atoms in total. The van der Waals surface area contributed by atoms with Crippen LogP contribution in [0.25, 0.3) is 10.9 Å². The van der Waals surface area contributed by atoms with Gasteiger partial charge < -0.3 is 33.7 Å². The van der Waals surface area contributed by atoms with E-state index in [4.69, 9.17) is 23.4 Å². The molecule has 4 aromatic rings. The van der Waals surface area contributed by atoms with Gasteiger partial charge in [-0.1, -0.05) is 6.07 Å². The van der Waals surface area contributed by atoms with Gasteiger partial charge >= 0.3 is 0 Å². The fraction of sp³-hybridized carbons (Fsp3) is 0.269.